The van der Waals surface area contributed by atoms with Gasteiger partial charge in [0.15, 0.2) is 0 Å². The monoisotopic (exact) mass is 376 g/mol. The molecule has 1 aromatic rings. The number of carbonyl (C=O) groups is 4. The number of nitrogens with one attached hydrogen (secondary N) is 1. The van der Waals surface area contributed by atoms with Crippen molar-refractivity contribution in [1.82, 2.24) is 10.4 Å². The molecule has 27 heavy (non-hydrogen) atoms. The van der Waals surface area contributed by atoms with Gasteiger partial charge in [0.25, 0.3) is 11.8 Å². The fourth-order valence-electron chi connectivity index (χ4n) is 2.75. The highest BCUT2D eigenvalue weighted by Crippen LogP contribution is 2.26. The highest BCUT2D eigenvalue weighted by molar-refractivity contribution is 6.20. The van der Waals surface area contributed by atoms with Crippen LogP contribution in [0.4, 0.5) is 4.79 Å². The summed E-state index contributed by atoms with van der Waals surface area (Å²) in [6.45, 7) is 5.32. The Morgan fingerprint density at radius 2 is 1.70 bits per heavy atom. The third kappa shape index (κ3) is 3.92. The van der Waals surface area contributed by atoms with E-state index in [1.807, 2.05) is 0 Å². The van der Waals surface area contributed by atoms with Crippen LogP contribution in [-0.4, -0.2) is 53.3 Å². The molecule has 1 N–H and O–H groups in total. The van der Waals surface area contributed by atoms with E-state index >= 15 is 0 Å². The van der Waals surface area contributed by atoms with Crippen molar-refractivity contribution in [1.29, 1.82) is 0 Å². The SMILES string of the molecule is CC(C)(C)OC(=O)NC1(CC(=O)ON2C(=O)c3ccccc3C2=O)COC1. The standard InChI is InChI=1S/C18H20N2O7/c1-17(2,3)26-16(24)19-18(9-25-10-18)8-13(21)27-20-14(22)11-6-4-5-7-12(11)15(20)23/h4-7H,8-10H2,1-3H3,(H,19,24). The minimum absolute atomic E-state index is 0.0868. The summed E-state index contributed by atoms with van der Waals surface area (Å²) < 4.78 is 10.3. The van der Waals surface area contributed by atoms with Crippen LogP contribution in [0.25, 0.3) is 0 Å². The van der Waals surface area contributed by atoms with Crippen LogP contribution in [0.1, 0.15) is 47.9 Å². The van der Waals surface area contributed by atoms with Crippen molar-refractivity contribution in [2.75, 3.05) is 13.2 Å². The van der Waals surface area contributed by atoms with Crippen molar-refractivity contribution in [2.24, 2.45) is 0 Å². The van der Waals surface area contributed by atoms with Crippen molar-refractivity contribution in [2.45, 2.75) is 38.3 Å². The average molecular weight is 376 g/mol. The van der Waals surface area contributed by atoms with Gasteiger partial charge in [-0.1, -0.05) is 17.2 Å². The van der Waals surface area contributed by atoms with E-state index in [1.165, 1.54) is 12.1 Å². The Balaban J connectivity index is 1.63. The van der Waals surface area contributed by atoms with E-state index in [2.05, 4.69) is 5.32 Å². The molecule has 3 amide bonds. The topological polar surface area (TPSA) is 111 Å². The molecule has 0 radical (unpaired) electrons. The Hall–Kier alpha value is -2.94. The van der Waals surface area contributed by atoms with Gasteiger partial charge in [0.1, 0.15) is 11.1 Å². The third-order valence-corrected chi connectivity index (χ3v) is 3.96. The smallest absolute Gasteiger partial charge is 0.408 e. The van der Waals surface area contributed by atoms with Crippen LogP contribution >= 0.6 is 0 Å². The van der Waals surface area contributed by atoms with Crippen LogP contribution in [0.2, 0.25) is 0 Å². The second-order valence-electron chi connectivity index (χ2n) is 7.49. The summed E-state index contributed by atoms with van der Waals surface area (Å²) in [5, 5.41) is 3.04. The van der Waals surface area contributed by atoms with Gasteiger partial charge < -0.3 is 19.6 Å². The van der Waals surface area contributed by atoms with Gasteiger partial charge in [-0.3, -0.25) is 9.59 Å². The molecule has 0 aromatic heterocycles. The zero-order valence-electron chi connectivity index (χ0n) is 15.2. The number of carbonyl (C=O) groups excluding carboxylic acids is 4. The number of alkyl carbamates (subject to hydrolysis) is 1. The second kappa shape index (κ2) is 6.66. The van der Waals surface area contributed by atoms with Crippen LogP contribution in [0, 0.1) is 0 Å². The van der Waals surface area contributed by atoms with Crippen molar-refractivity contribution in [3.63, 3.8) is 0 Å². The van der Waals surface area contributed by atoms with E-state index in [0.29, 0.717) is 5.06 Å². The van der Waals surface area contributed by atoms with Gasteiger partial charge in [0.05, 0.1) is 30.8 Å². The van der Waals surface area contributed by atoms with Gasteiger partial charge in [-0.15, -0.1) is 0 Å². The minimum atomic E-state index is -1.00. The molecule has 2 aliphatic heterocycles. The first kappa shape index (κ1) is 18.8. The highest BCUT2D eigenvalue weighted by Gasteiger charge is 2.45. The van der Waals surface area contributed by atoms with E-state index in [4.69, 9.17) is 14.3 Å². The maximum absolute atomic E-state index is 12.3. The second-order valence-corrected chi connectivity index (χ2v) is 7.49. The lowest BCUT2D eigenvalue weighted by Crippen LogP contribution is -2.63. The van der Waals surface area contributed by atoms with Crippen LogP contribution in [0.15, 0.2) is 24.3 Å². The van der Waals surface area contributed by atoms with Crippen molar-refractivity contribution in [3.05, 3.63) is 35.4 Å². The molecule has 1 saturated heterocycles. The number of fused-ring (bicyclic) bond motifs is 1. The van der Waals surface area contributed by atoms with Gasteiger partial charge in [-0.25, -0.2) is 9.59 Å². The number of hydrogen-bond donors (Lipinski definition) is 1. The van der Waals surface area contributed by atoms with E-state index in [1.54, 1.807) is 32.9 Å². The first-order valence-corrected chi connectivity index (χ1v) is 8.38. The fourth-order valence-corrected chi connectivity index (χ4v) is 2.75. The number of hydroxylamine groups is 2. The Bertz CT molecular complexity index is 773. The largest absolute Gasteiger partial charge is 0.444 e. The predicted molar refractivity (Wildman–Crippen MR) is 90.6 cm³/mol. The zero-order valence-corrected chi connectivity index (χ0v) is 15.2. The first-order chi connectivity index (χ1) is 12.6. The molecular formula is C18H20N2O7. The van der Waals surface area contributed by atoms with Gasteiger partial charge in [0, 0.05) is 0 Å². The Morgan fingerprint density at radius 1 is 1.15 bits per heavy atom. The molecule has 0 spiro atoms. The predicted octanol–water partition coefficient (Wildman–Crippen LogP) is 1.42. The quantitative estimate of drug-likeness (QED) is 0.791. The summed E-state index contributed by atoms with van der Waals surface area (Å²) in [5.41, 5.74) is -1.36. The summed E-state index contributed by atoms with van der Waals surface area (Å²) in [6, 6.07) is 6.19. The molecule has 3 rings (SSSR count). The molecule has 9 nitrogen and oxygen atoms in total. The summed E-state index contributed by atoms with van der Waals surface area (Å²) in [7, 11) is 0. The summed E-state index contributed by atoms with van der Waals surface area (Å²) in [6.07, 6.45) is -0.973. The van der Waals surface area contributed by atoms with E-state index < -0.39 is 35.0 Å². The minimum Gasteiger partial charge on any atom is -0.444 e. The Morgan fingerprint density at radius 3 is 2.15 bits per heavy atom. The summed E-state index contributed by atoms with van der Waals surface area (Å²) in [4.78, 5) is 53.7. The maximum atomic E-state index is 12.3. The van der Waals surface area contributed by atoms with E-state index in [9.17, 15) is 19.2 Å². The Labute approximate surface area is 155 Å². The van der Waals surface area contributed by atoms with Gasteiger partial charge in [-0.05, 0) is 32.9 Å². The lowest BCUT2D eigenvalue weighted by molar-refractivity contribution is -0.176. The van der Waals surface area contributed by atoms with Gasteiger partial charge in [0.2, 0.25) is 0 Å². The first-order valence-electron chi connectivity index (χ1n) is 8.38. The molecule has 0 saturated carbocycles. The number of amides is 3. The highest BCUT2D eigenvalue weighted by atomic mass is 16.7. The third-order valence-electron chi connectivity index (χ3n) is 3.96. The van der Waals surface area contributed by atoms with Crippen molar-refractivity contribution < 1.29 is 33.5 Å². The van der Waals surface area contributed by atoms with E-state index in [0.717, 1.165) is 0 Å². The van der Waals surface area contributed by atoms with E-state index in [-0.39, 0.29) is 30.8 Å². The number of hydrogen-bond acceptors (Lipinski definition) is 7. The van der Waals surface area contributed by atoms with Gasteiger partial charge in [-0.2, -0.15) is 0 Å². The van der Waals surface area contributed by atoms with Crippen LogP contribution in [0.5, 0.6) is 0 Å². The van der Waals surface area contributed by atoms with Gasteiger partial charge >= 0.3 is 12.1 Å². The van der Waals surface area contributed by atoms with Crippen molar-refractivity contribution in [3.8, 4) is 0 Å². The molecule has 0 atom stereocenters. The number of benzene rings is 1. The molecule has 0 bridgehead atoms. The van der Waals surface area contributed by atoms with Crippen LogP contribution in [0.3, 0.4) is 0 Å². The average Bonchev–Trinajstić information content (AvgIpc) is 2.76. The van der Waals surface area contributed by atoms with Crippen LogP contribution in [-0.2, 0) is 19.1 Å². The van der Waals surface area contributed by atoms with Crippen LogP contribution < -0.4 is 5.32 Å². The lowest BCUT2D eigenvalue weighted by Gasteiger charge is -2.41. The molecule has 0 unspecified atom stereocenters. The normalized spacial score (nSPS) is 17.8. The Kier molecular flexibility index (Phi) is 4.64. The number of imide groups is 1. The molecule has 9 heteroatoms. The molecule has 2 heterocycles. The number of ether oxygens (including phenoxy) is 2. The fraction of sp³-hybridized carbons (Fsp3) is 0.444. The molecule has 144 valence electrons. The molecule has 1 fully saturated rings. The maximum Gasteiger partial charge on any atom is 0.408 e. The molecular weight excluding hydrogens is 356 g/mol. The molecule has 0 aliphatic carbocycles. The number of rotatable bonds is 4. The molecule has 2 aliphatic rings. The van der Waals surface area contributed by atoms with Crippen molar-refractivity contribution >= 4 is 23.9 Å². The molecule has 1 aromatic carbocycles. The summed E-state index contributed by atoms with van der Waals surface area (Å²) in [5.74, 6) is -2.25. The summed E-state index contributed by atoms with van der Waals surface area (Å²) >= 11 is 0. The number of nitrogens with zero attached hydrogens (tertiary/aromatic N) is 1. The zero-order chi connectivity index (χ0) is 19.8. The lowest BCUT2D eigenvalue weighted by atomic mass is 9.93.